The molecule has 2 aliphatic rings. The van der Waals surface area contributed by atoms with Gasteiger partial charge in [0, 0.05) is 11.5 Å². The first-order valence-corrected chi connectivity index (χ1v) is 7.76. The lowest BCUT2D eigenvalue weighted by atomic mass is 9.81. The standard InChI is InChI=1S/C16H15N5O3/c1-24-15(22)13-10-7-16(9-17)4-2-3-11(16)14(10)21(19-13)12-8-20(23)6-5-18-12/h5-6,8,11H,2-4,7H2,1H3. The molecule has 2 atom stereocenters. The van der Waals surface area contributed by atoms with E-state index in [-0.39, 0.29) is 11.6 Å². The number of esters is 1. The van der Waals surface area contributed by atoms with Crippen LogP contribution in [-0.4, -0.2) is 27.8 Å². The Kier molecular flexibility index (Phi) is 3.06. The second-order valence-corrected chi connectivity index (χ2v) is 6.28. The molecule has 0 aliphatic heterocycles. The van der Waals surface area contributed by atoms with Gasteiger partial charge in [0.1, 0.15) is 0 Å². The van der Waals surface area contributed by atoms with E-state index < -0.39 is 11.4 Å². The smallest absolute Gasteiger partial charge is 0.358 e. The third-order valence-corrected chi connectivity index (χ3v) is 5.11. The van der Waals surface area contributed by atoms with Crippen molar-refractivity contribution in [1.82, 2.24) is 14.8 Å². The number of fused-ring (bicyclic) bond motifs is 3. The first kappa shape index (κ1) is 14.6. The van der Waals surface area contributed by atoms with Gasteiger partial charge in [-0.3, -0.25) is 0 Å². The van der Waals surface area contributed by atoms with Crippen molar-refractivity contribution in [3.05, 3.63) is 40.7 Å². The molecule has 2 aliphatic carbocycles. The lowest BCUT2D eigenvalue weighted by molar-refractivity contribution is -0.605. The fourth-order valence-electron chi connectivity index (χ4n) is 4.08. The molecule has 1 fully saturated rings. The van der Waals surface area contributed by atoms with E-state index in [0.717, 1.165) is 30.5 Å². The molecule has 2 aromatic heterocycles. The van der Waals surface area contributed by atoms with Gasteiger partial charge < -0.3 is 9.94 Å². The molecule has 122 valence electrons. The second-order valence-electron chi connectivity index (χ2n) is 6.28. The minimum atomic E-state index is -0.538. The van der Waals surface area contributed by atoms with Gasteiger partial charge in [-0.25, -0.2) is 14.5 Å². The highest BCUT2D eigenvalue weighted by atomic mass is 16.5. The van der Waals surface area contributed by atoms with Crippen LogP contribution in [0.4, 0.5) is 0 Å². The Balaban J connectivity index is 1.95. The van der Waals surface area contributed by atoms with E-state index >= 15 is 0 Å². The molecule has 0 saturated heterocycles. The molecular formula is C16H15N5O3. The molecule has 2 heterocycles. The topological polar surface area (TPSA) is 108 Å². The van der Waals surface area contributed by atoms with Gasteiger partial charge >= 0.3 is 5.97 Å². The monoisotopic (exact) mass is 325 g/mol. The summed E-state index contributed by atoms with van der Waals surface area (Å²) >= 11 is 0. The number of hydrogen-bond acceptors (Lipinski definition) is 6. The van der Waals surface area contributed by atoms with Gasteiger partial charge in [-0.2, -0.15) is 15.1 Å². The van der Waals surface area contributed by atoms with Crippen molar-refractivity contribution in [3.8, 4) is 11.9 Å². The lowest BCUT2D eigenvalue weighted by Gasteiger charge is -2.21. The van der Waals surface area contributed by atoms with Crippen LogP contribution in [0.1, 0.15) is 46.9 Å². The van der Waals surface area contributed by atoms with Gasteiger partial charge in [0.05, 0.1) is 30.5 Å². The van der Waals surface area contributed by atoms with Crippen molar-refractivity contribution >= 4 is 5.97 Å². The first-order valence-electron chi connectivity index (χ1n) is 7.76. The highest BCUT2D eigenvalue weighted by Gasteiger charge is 2.53. The van der Waals surface area contributed by atoms with E-state index in [1.807, 2.05) is 0 Å². The summed E-state index contributed by atoms with van der Waals surface area (Å²) in [6.45, 7) is 0. The van der Waals surface area contributed by atoms with E-state index in [1.54, 1.807) is 0 Å². The maximum atomic E-state index is 12.1. The number of ether oxygens (including phenoxy) is 1. The Morgan fingerprint density at radius 2 is 2.46 bits per heavy atom. The normalized spacial score (nSPS) is 24.2. The minimum absolute atomic E-state index is 0.00878. The van der Waals surface area contributed by atoms with Crippen LogP contribution >= 0.6 is 0 Å². The fraction of sp³-hybridized carbons (Fsp3) is 0.438. The zero-order valence-electron chi connectivity index (χ0n) is 13.1. The van der Waals surface area contributed by atoms with E-state index in [2.05, 4.69) is 16.2 Å². The number of carbonyl (C=O) groups excluding carboxylic acids is 1. The van der Waals surface area contributed by atoms with Crippen LogP contribution in [0.25, 0.3) is 5.82 Å². The summed E-state index contributed by atoms with van der Waals surface area (Å²) < 4.78 is 7.01. The summed E-state index contributed by atoms with van der Waals surface area (Å²) in [7, 11) is 1.30. The predicted molar refractivity (Wildman–Crippen MR) is 80.0 cm³/mol. The molecule has 1 saturated carbocycles. The summed E-state index contributed by atoms with van der Waals surface area (Å²) in [5, 5.41) is 25.7. The van der Waals surface area contributed by atoms with Gasteiger partial charge in [-0.05, 0) is 19.3 Å². The van der Waals surface area contributed by atoms with Gasteiger partial charge in [-0.15, -0.1) is 0 Å². The molecule has 2 aromatic rings. The van der Waals surface area contributed by atoms with Gasteiger partial charge in [-0.1, -0.05) is 6.42 Å². The van der Waals surface area contributed by atoms with Crippen LogP contribution < -0.4 is 4.73 Å². The number of nitrogens with zero attached hydrogens (tertiary/aromatic N) is 5. The predicted octanol–water partition coefficient (Wildman–Crippen LogP) is 1.02. The quantitative estimate of drug-likeness (QED) is 0.463. The Morgan fingerprint density at radius 3 is 3.17 bits per heavy atom. The van der Waals surface area contributed by atoms with Crippen molar-refractivity contribution in [2.24, 2.45) is 5.41 Å². The molecule has 0 aromatic carbocycles. The summed E-state index contributed by atoms with van der Waals surface area (Å²) in [6, 6.07) is 2.47. The van der Waals surface area contributed by atoms with Crippen molar-refractivity contribution in [2.75, 3.05) is 7.11 Å². The molecule has 4 rings (SSSR count). The molecule has 24 heavy (non-hydrogen) atoms. The Morgan fingerprint density at radius 1 is 1.62 bits per heavy atom. The first-order chi connectivity index (χ1) is 11.6. The third-order valence-electron chi connectivity index (χ3n) is 5.11. The SMILES string of the molecule is COC(=O)c1nn(-c2c[n+]([O-])ccn2)c2c1CC1(C#N)CCCC21. The van der Waals surface area contributed by atoms with Crippen LogP contribution in [0, 0.1) is 22.0 Å². The van der Waals surface area contributed by atoms with Crippen LogP contribution in [-0.2, 0) is 11.2 Å². The van der Waals surface area contributed by atoms with Crippen molar-refractivity contribution in [3.63, 3.8) is 0 Å². The molecule has 0 bridgehead atoms. The van der Waals surface area contributed by atoms with Crippen molar-refractivity contribution in [2.45, 2.75) is 31.6 Å². The zero-order valence-corrected chi connectivity index (χ0v) is 13.1. The van der Waals surface area contributed by atoms with Crippen LogP contribution in [0.15, 0.2) is 18.6 Å². The lowest BCUT2D eigenvalue weighted by Crippen LogP contribution is -2.27. The number of carbonyl (C=O) groups is 1. The van der Waals surface area contributed by atoms with Crippen molar-refractivity contribution < 1.29 is 14.3 Å². The van der Waals surface area contributed by atoms with Crippen LogP contribution in [0.2, 0.25) is 0 Å². The van der Waals surface area contributed by atoms with Gasteiger partial charge in [0.2, 0.25) is 12.0 Å². The molecule has 0 N–H and O–H groups in total. The molecule has 0 radical (unpaired) electrons. The van der Waals surface area contributed by atoms with Crippen LogP contribution in [0.5, 0.6) is 0 Å². The van der Waals surface area contributed by atoms with E-state index in [1.165, 1.54) is 30.4 Å². The summed E-state index contributed by atoms with van der Waals surface area (Å²) in [5.74, 6) is -0.214. The van der Waals surface area contributed by atoms with Gasteiger partial charge in [0.25, 0.3) is 0 Å². The number of hydrogen-bond donors (Lipinski definition) is 0. The number of methoxy groups -OCH3 is 1. The molecule has 0 amide bonds. The maximum Gasteiger partial charge on any atom is 0.358 e. The fourth-order valence-corrected chi connectivity index (χ4v) is 4.08. The third kappa shape index (κ3) is 1.84. The Hall–Kier alpha value is -2.95. The van der Waals surface area contributed by atoms with Crippen LogP contribution in [0.3, 0.4) is 0 Å². The molecule has 2 unspecified atom stereocenters. The van der Waals surface area contributed by atoms with E-state index in [9.17, 15) is 15.3 Å². The highest BCUT2D eigenvalue weighted by Crippen LogP contribution is 2.57. The second kappa shape index (κ2) is 5.03. The van der Waals surface area contributed by atoms with Crippen molar-refractivity contribution in [1.29, 1.82) is 5.26 Å². The molecule has 8 heteroatoms. The minimum Gasteiger partial charge on any atom is -0.619 e. The highest BCUT2D eigenvalue weighted by molar-refractivity contribution is 5.89. The summed E-state index contributed by atoms with van der Waals surface area (Å²) in [5.41, 5.74) is 1.27. The van der Waals surface area contributed by atoms with E-state index in [4.69, 9.17) is 4.74 Å². The molecule has 0 spiro atoms. The molecule has 8 nitrogen and oxygen atoms in total. The zero-order chi connectivity index (χ0) is 16.9. The Bertz CT molecular complexity index is 884. The Labute approximate surface area is 137 Å². The molecular weight excluding hydrogens is 310 g/mol. The number of nitriles is 1. The van der Waals surface area contributed by atoms with E-state index in [0.29, 0.717) is 17.0 Å². The maximum absolute atomic E-state index is 12.1. The number of rotatable bonds is 2. The van der Waals surface area contributed by atoms with Gasteiger partial charge in [0.15, 0.2) is 11.9 Å². The average molecular weight is 325 g/mol. The summed E-state index contributed by atoms with van der Waals surface area (Å²) in [6.07, 6.45) is 7.07. The average Bonchev–Trinajstić information content (AvgIpc) is 3.22. The largest absolute Gasteiger partial charge is 0.619 e. The summed E-state index contributed by atoms with van der Waals surface area (Å²) in [4.78, 5) is 16.3. The number of aromatic nitrogens is 4.